The normalized spacial score (nSPS) is 10.1. The highest BCUT2D eigenvalue weighted by atomic mass is 32.2. The number of Topliss-reactive ketones (excluding diaryl/α,β-unsaturated/α-hetero) is 1. The predicted octanol–water partition coefficient (Wildman–Crippen LogP) is 1.00. The Labute approximate surface area is 79.8 Å². The quantitative estimate of drug-likeness (QED) is 0.437. The van der Waals surface area contributed by atoms with Crippen molar-refractivity contribution in [3.63, 3.8) is 0 Å². The van der Waals surface area contributed by atoms with E-state index in [2.05, 4.69) is 9.97 Å². The molecule has 0 amide bonds. The van der Waals surface area contributed by atoms with Crippen molar-refractivity contribution < 1.29 is 4.79 Å². The maximum atomic E-state index is 11.2. The summed E-state index contributed by atoms with van der Waals surface area (Å²) in [6.45, 7) is 3.15. The SMILES string of the molecule is CSc1nc(=O)[nH]c(C)c1C(C)=O. The van der Waals surface area contributed by atoms with E-state index in [1.54, 1.807) is 13.2 Å². The zero-order chi connectivity index (χ0) is 10.0. The first kappa shape index (κ1) is 9.98. The van der Waals surface area contributed by atoms with Gasteiger partial charge in [0.25, 0.3) is 0 Å². The van der Waals surface area contributed by atoms with E-state index in [9.17, 15) is 9.59 Å². The Morgan fingerprint density at radius 2 is 2.15 bits per heavy atom. The Morgan fingerprint density at radius 3 is 2.62 bits per heavy atom. The molecule has 1 heterocycles. The molecule has 13 heavy (non-hydrogen) atoms. The number of aromatic nitrogens is 2. The van der Waals surface area contributed by atoms with Gasteiger partial charge in [0.15, 0.2) is 5.78 Å². The molecule has 0 aromatic carbocycles. The molecule has 5 heteroatoms. The van der Waals surface area contributed by atoms with E-state index >= 15 is 0 Å². The Morgan fingerprint density at radius 1 is 1.54 bits per heavy atom. The number of H-pyrrole nitrogens is 1. The van der Waals surface area contributed by atoms with Crippen molar-refractivity contribution in [3.8, 4) is 0 Å². The largest absolute Gasteiger partial charge is 0.346 e. The van der Waals surface area contributed by atoms with E-state index in [1.807, 2.05) is 0 Å². The first-order valence-electron chi connectivity index (χ1n) is 3.72. The summed E-state index contributed by atoms with van der Waals surface area (Å²) in [5, 5.41) is 0.494. The molecular weight excluding hydrogens is 188 g/mol. The van der Waals surface area contributed by atoms with Gasteiger partial charge in [-0.2, -0.15) is 4.98 Å². The highest BCUT2D eigenvalue weighted by Gasteiger charge is 2.12. The van der Waals surface area contributed by atoms with Crippen LogP contribution in [0.25, 0.3) is 0 Å². The lowest BCUT2D eigenvalue weighted by Crippen LogP contribution is -2.17. The van der Waals surface area contributed by atoms with Gasteiger partial charge >= 0.3 is 5.69 Å². The molecule has 1 aromatic heterocycles. The molecule has 4 nitrogen and oxygen atoms in total. The summed E-state index contributed by atoms with van der Waals surface area (Å²) >= 11 is 1.30. The van der Waals surface area contributed by atoms with Crippen molar-refractivity contribution in [1.82, 2.24) is 9.97 Å². The van der Waals surface area contributed by atoms with Crippen molar-refractivity contribution in [2.75, 3.05) is 6.26 Å². The molecule has 1 rings (SSSR count). The number of ketones is 1. The highest BCUT2D eigenvalue weighted by molar-refractivity contribution is 7.98. The van der Waals surface area contributed by atoms with Crippen LogP contribution < -0.4 is 5.69 Å². The average Bonchev–Trinajstić information content (AvgIpc) is 2.01. The molecule has 0 aliphatic heterocycles. The van der Waals surface area contributed by atoms with Crippen LogP contribution in [0.1, 0.15) is 23.0 Å². The third-order valence-electron chi connectivity index (χ3n) is 1.63. The average molecular weight is 198 g/mol. The second-order valence-corrected chi connectivity index (χ2v) is 3.40. The first-order valence-corrected chi connectivity index (χ1v) is 4.94. The lowest BCUT2D eigenvalue weighted by Gasteiger charge is -2.04. The van der Waals surface area contributed by atoms with E-state index < -0.39 is 5.69 Å². The van der Waals surface area contributed by atoms with Crippen molar-refractivity contribution in [2.45, 2.75) is 18.9 Å². The molecule has 0 bridgehead atoms. The Kier molecular flexibility index (Phi) is 2.87. The van der Waals surface area contributed by atoms with Crippen molar-refractivity contribution in [2.24, 2.45) is 0 Å². The first-order chi connectivity index (χ1) is 6.06. The van der Waals surface area contributed by atoms with Gasteiger partial charge in [0.2, 0.25) is 0 Å². The molecule has 0 spiro atoms. The topological polar surface area (TPSA) is 62.8 Å². The Balaban J connectivity index is 3.47. The molecule has 70 valence electrons. The molecule has 0 radical (unpaired) electrons. The van der Waals surface area contributed by atoms with Gasteiger partial charge in [-0.3, -0.25) is 4.79 Å². The van der Waals surface area contributed by atoms with Gasteiger partial charge in [-0.05, 0) is 20.1 Å². The number of hydrogen-bond acceptors (Lipinski definition) is 4. The number of aryl methyl sites for hydroxylation is 1. The van der Waals surface area contributed by atoms with Crippen LogP contribution in [-0.4, -0.2) is 22.0 Å². The fourth-order valence-electron chi connectivity index (χ4n) is 1.12. The summed E-state index contributed by atoms with van der Waals surface area (Å²) in [6.07, 6.45) is 1.79. The molecule has 0 saturated heterocycles. The number of nitrogens with one attached hydrogen (secondary N) is 1. The van der Waals surface area contributed by atoms with Gasteiger partial charge in [-0.25, -0.2) is 4.79 Å². The standard InChI is InChI=1S/C8H10N2O2S/c1-4-6(5(2)11)7(13-3)10-8(12)9-4/h1-3H3,(H,9,10,12). The molecule has 0 saturated carbocycles. The lowest BCUT2D eigenvalue weighted by molar-refractivity contribution is 0.101. The van der Waals surface area contributed by atoms with Crippen molar-refractivity contribution >= 4 is 17.5 Å². The molecule has 0 fully saturated rings. The van der Waals surface area contributed by atoms with Gasteiger partial charge in [0.1, 0.15) is 5.03 Å². The van der Waals surface area contributed by atoms with Gasteiger partial charge in [0, 0.05) is 5.69 Å². The minimum Gasteiger partial charge on any atom is -0.309 e. The zero-order valence-corrected chi connectivity index (χ0v) is 8.49. The fraction of sp³-hybridized carbons (Fsp3) is 0.375. The summed E-state index contributed by atoms with van der Waals surface area (Å²) in [7, 11) is 0. The molecule has 1 aromatic rings. The molecule has 0 unspecified atom stereocenters. The van der Waals surface area contributed by atoms with Crippen LogP contribution in [0.3, 0.4) is 0 Å². The van der Waals surface area contributed by atoms with Gasteiger partial charge in [0.05, 0.1) is 5.56 Å². The third kappa shape index (κ3) is 1.98. The third-order valence-corrected chi connectivity index (χ3v) is 2.31. The highest BCUT2D eigenvalue weighted by Crippen LogP contribution is 2.17. The number of nitrogens with zero attached hydrogens (tertiary/aromatic N) is 1. The monoisotopic (exact) mass is 198 g/mol. The van der Waals surface area contributed by atoms with Crippen LogP contribution in [0.5, 0.6) is 0 Å². The zero-order valence-electron chi connectivity index (χ0n) is 7.67. The van der Waals surface area contributed by atoms with Crippen LogP contribution in [0.4, 0.5) is 0 Å². The number of hydrogen-bond donors (Lipinski definition) is 1. The number of carbonyl (C=O) groups is 1. The lowest BCUT2D eigenvalue weighted by atomic mass is 10.2. The van der Waals surface area contributed by atoms with Gasteiger partial charge in [-0.1, -0.05) is 0 Å². The number of rotatable bonds is 2. The Bertz CT molecular complexity index is 398. The summed E-state index contributed by atoms with van der Waals surface area (Å²) in [5.41, 5.74) is 0.677. The van der Waals surface area contributed by atoms with E-state index in [4.69, 9.17) is 0 Å². The minimum atomic E-state index is -0.410. The van der Waals surface area contributed by atoms with E-state index in [0.717, 1.165) is 0 Å². The molecule has 0 aliphatic rings. The van der Waals surface area contributed by atoms with Crippen molar-refractivity contribution in [3.05, 3.63) is 21.7 Å². The van der Waals surface area contributed by atoms with E-state index in [-0.39, 0.29) is 5.78 Å². The van der Waals surface area contributed by atoms with Crippen molar-refractivity contribution in [1.29, 1.82) is 0 Å². The summed E-state index contributed by atoms with van der Waals surface area (Å²) in [4.78, 5) is 28.3. The Hall–Kier alpha value is -1.10. The summed E-state index contributed by atoms with van der Waals surface area (Å²) in [6, 6.07) is 0. The molecule has 1 N–H and O–H groups in total. The number of aromatic amines is 1. The van der Waals surface area contributed by atoms with Crippen LogP contribution in [0, 0.1) is 6.92 Å². The molecule has 0 aliphatic carbocycles. The van der Waals surface area contributed by atoms with Crippen LogP contribution in [-0.2, 0) is 0 Å². The van der Waals surface area contributed by atoms with Crippen LogP contribution in [0.2, 0.25) is 0 Å². The number of thioether (sulfide) groups is 1. The molecular formula is C8H10N2O2S. The smallest absolute Gasteiger partial charge is 0.309 e. The minimum absolute atomic E-state index is 0.0781. The fourth-order valence-corrected chi connectivity index (χ4v) is 1.80. The van der Waals surface area contributed by atoms with E-state index in [1.165, 1.54) is 18.7 Å². The number of carbonyl (C=O) groups excluding carboxylic acids is 1. The molecule has 0 atom stereocenters. The summed E-state index contributed by atoms with van der Waals surface area (Å²) < 4.78 is 0. The second kappa shape index (κ2) is 3.74. The van der Waals surface area contributed by atoms with Gasteiger partial charge in [-0.15, -0.1) is 11.8 Å². The maximum absolute atomic E-state index is 11.2. The summed E-state index contributed by atoms with van der Waals surface area (Å²) in [5.74, 6) is -0.0781. The maximum Gasteiger partial charge on any atom is 0.346 e. The van der Waals surface area contributed by atoms with E-state index in [0.29, 0.717) is 16.3 Å². The second-order valence-electron chi connectivity index (χ2n) is 2.61. The predicted molar refractivity (Wildman–Crippen MR) is 51.4 cm³/mol. The van der Waals surface area contributed by atoms with Gasteiger partial charge < -0.3 is 4.98 Å². The van der Waals surface area contributed by atoms with Crippen LogP contribution >= 0.6 is 11.8 Å². The van der Waals surface area contributed by atoms with Crippen LogP contribution in [0.15, 0.2) is 9.82 Å².